The highest BCUT2D eigenvalue weighted by molar-refractivity contribution is 7.14. The van der Waals surface area contributed by atoms with Gasteiger partial charge in [0.1, 0.15) is 5.69 Å². The number of thiazole rings is 1. The van der Waals surface area contributed by atoms with Gasteiger partial charge in [0.2, 0.25) is 0 Å². The van der Waals surface area contributed by atoms with Crippen molar-refractivity contribution in [1.29, 1.82) is 0 Å². The highest BCUT2D eigenvalue weighted by atomic mass is 32.1. The maximum Gasteiger partial charge on any atom is 0.273 e. The Morgan fingerprint density at radius 1 is 1.00 bits per heavy atom. The van der Waals surface area contributed by atoms with Crippen LogP contribution in [0.2, 0.25) is 0 Å². The average Bonchev–Trinajstić information content (AvgIpc) is 3.17. The molecule has 134 valence electrons. The van der Waals surface area contributed by atoms with E-state index in [0.29, 0.717) is 17.4 Å². The average molecular weight is 373 g/mol. The van der Waals surface area contributed by atoms with Crippen LogP contribution in [0.1, 0.15) is 16.1 Å². The number of anilines is 2. The molecular formula is C22H19N3OS. The molecule has 0 aliphatic rings. The van der Waals surface area contributed by atoms with Gasteiger partial charge >= 0.3 is 0 Å². The van der Waals surface area contributed by atoms with Crippen LogP contribution in [0.4, 0.5) is 10.8 Å². The summed E-state index contributed by atoms with van der Waals surface area (Å²) in [6, 6.07) is 24.2. The zero-order valence-electron chi connectivity index (χ0n) is 14.9. The summed E-state index contributed by atoms with van der Waals surface area (Å²) in [6.45, 7) is 0.559. The highest BCUT2D eigenvalue weighted by Gasteiger charge is 2.16. The van der Waals surface area contributed by atoms with Gasteiger partial charge in [-0.2, -0.15) is 0 Å². The second kappa shape index (κ2) is 7.60. The van der Waals surface area contributed by atoms with Gasteiger partial charge in [0.15, 0.2) is 5.13 Å². The topological polar surface area (TPSA) is 45.2 Å². The fourth-order valence-electron chi connectivity index (χ4n) is 3.00. The molecule has 0 bridgehead atoms. The van der Waals surface area contributed by atoms with Gasteiger partial charge in [0.25, 0.3) is 5.91 Å². The summed E-state index contributed by atoms with van der Waals surface area (Å²) >= 11 is 1.44. The van der Waals surface area contributed by atoms with Gasteiger partial charge in [0, 0.05) is 30.0 Å². The van der Waals surface area contributed by atoms with E-state index in [-0.39, 0.29) is 5.91 Å². The Kier molecular flexibility index (Phi) is 4.85. The maximum atomic E-state index is 12.7. The lowest BCUT2D eigenvalue weighted by molar-refractivity contribution is 0.0780. The van der Waals surface area contributed by atoms with Crippen molar-refractivity contribution in [2.24, 2.45) is 0 Å². The zero-order valence-corrected chi connectivity index (χ0v) is 15.7. The summed E-state index contributed by atoms with van der Waals surface area (Å²) in [7, 11) is 1.80. The van der Waals surface area contributed by atoms with Crippen LogP contribution in [-0.2, 0) is 6.54 Å². The standard InChI is InChI=1S/C22H19N3OS/c1-25(14-16-8-3-2-4-9-16)21(26)20-15-27-22(24-20)23-19-13-7-11-17-10-5-6-12-18(17)19/h2-13,15H,14H2,1H3,(H,23,24). The van der Waals surface area contributed by atoms with Crippen molar-refractivity contribution in [3.05, 3.63) is 89.4 Å². The smallest absolute Gasteiger partial charge is 0.273 e. The molecule has 0 spiro atoms. The predicted octanol–water partition coefficient (Wildman–Crippen LogP) is 5.31. The molecule has 4 rings (SSSR count). The van der Waals surface area contributed by atoms with Crippen LogP contribution in [0.5, 0.6) is 0 Å². The van der Waals surface area contributed by atoms with Crippen molar-refractivity contribution >= 4 is 38.8 Å². The maximum absolute atomic E-state index is 12.7. The van der Waals surface area contributed by atoms with Crippen molar-refractivity contribution < 1.29 is 4.79 Å². The Morgan fingerprint density at radius 3 is 2.59 bits per heavy atom. The van der Waals surface area contributed by atoms with Crippen molar-refractivity contribution in [1.82, 2.24) is 9.88 Å². The molecule has 5 heteroatoms. The van der Waals surface area contributed by atoms with E-state index in [1.807, 2.05) is 54.6 Å². The molecule has 0 unspecified atom stereocenters. The van der Waals surface area contributed by atoms with E-state index in [9.17, 15) is 4.79 Å². The minimum Gasteiger partial charge on any atom is -0.336 e. The van der Waals surface area contributed by atoms with Crippen molar-refractivity contribution in [3.8, 4) is 0 Å². The van der Waals surface area contributed by atoms with Gasteiger partial charge in [-0.25, -0.2) is 4.98 Å². The molecule has 0 aliphatic heterocycles. The van der Waals surface area contributed by atoms with Crippen LogP contribution in [-0.4, -0.2) is 22.8 Å². The Hall–Kier alpha value is -3.18. The number of hydrogen-bond acceptors (Lipinski definition) is 4. The van der Waals surface area contributed by atoms with Crippen LogP contribution in [0.3, 0.4) is 0 Å². The molecule has 0 radical (unpaired) electrons. The number of aromatic nitrogens is 1. The lowest BCUT2D eigenvalue weighted by Gasteiger charge is -2.15. The first-order valence-corrected chi connectivity index (χ1v) is 9.58. The molecule has 4 aromatic rings. The van der Waals surface area contributed by atoms with Crippen LogP contribution < -0.4 is 5.32 Å². The number of benzene rings is 3. The molecule has 1 heterocycles. The number of fused-ring (bicyclic) bond motifs is 1. The highest BCUT2D eigenvalue weighted by Crippen LogP contribution is 2.28. The minimum atomic E-state index is -0.0823. The van der Waals surface area contributed by atoms with Crippen molar-refractivity contribution in [3.63, 3.8) is 0 Å². The van der Waals surface area contributed by atoms with Gasteiger partial charge in [-0.1, -0.05) is 66.7 Å². The molecule has 4 nitrogen and oxygen atoms in total. The molecule has 1 amide bonds. The summed E-state index contributed by atoms with van der Waals surface area (Å²) in [5.74, 6) is -0.0823. The lowest BCUT2D eigenvalue weighted by Crippen LogP contribution is -2.26. The first-order valence-electron chi connectivity index (χ1n) is 8.70. The monoisotopic (exact) mass is 373 g/mol. The third-order valence-electron chi connectivity index (χ3n) is 4.36. The first kappa shape index (κ1) is 17.2. The SMILES string of the molecule is CN(Cc1ccccc1)C(=O)c1csc(Nc2cccc3ccccc23)n1. The van der Waals surface area contributed by atoms with E-state index in [4.69, 9.17) is 0 Å². The number of carbonyl (C=O) groups excluding carboxylic acids is 1. The predicted molar refractivity (Wildman–Crippen MR) is 112 cm³/mol. The van der Waals surface area contributed by atoms with Crippen LogP contribution >= 0.6 is 11.3 Å². The number of rotatable bonds is 5. The van der Waals surface area contributed by atoms with Crippen molar-refractivity contribution in [2.75, 3.05) is 12.4 Å². The van der Waals surface area contributed by atoms with Crippen LogP contribution in [0, 0.1) is 0 Å². The number of nitrogens with one attached hydrogen (secondary N) is 1. The van der Waals surface area contributed by atoms with Crippen LogP contribution in [0.15, 0.2) is 78.2 Å². The van der Waals surface area contributed by atoms with E-state index >= 15 is 0 Å². The normalized spacial score (nSPS) is 10.7. The first-order chi connectivity index (χ1) is 13.2. The van der Waals surface area contributed by atoms with E-state index in [1.165, 1.54) is 11.3 Å². The minimum absolute atomic E-state index is 0.0823. The van der Waals surface area contributed by atoms with E-state index in [1.54, 1.807) is 17.3 Å². The molecule has 0 aliphatic carbocycles. The molecule has 0 atom stereocenters. The zero-order chi connectivity index (χ0) is 18.6. The van der Waals surface area contributed by atoms with Gasteiger partial charge < -0.3 is 10.2 Å². The van der Waals surface area contributed by atoms with Crippen molar-refractivity contribution in [2.45, 2.75) is 6.54 Å². The summed E-state index contributed by atoms with van der Waals surface area (Å²) in [4.78, 5) is 18.8. The second-order valence-electron chi connectivity index (χ2n) is 6.34. The number of carbonyl (C=O) groups is 1. The Balaban J connectivity index is 1.50. The third-order valence-corrected chi connectivity index (χ3v) is 5.12. The summed E-state index contributed by atoms with van der Waals surface area (Å²) in [5.41, 5.74) is 2.54. The van der Waals surface area contributed by atoms with Gasteiger partial charge in [-0.05, 0) is 17.0 Å². The quantitative estimate of drug-likeness (QED) is 0.515. The molecule has 1 aromatic heterocycles. The molecule has 0 saturated carbocycles. The molecule has 3 aromatic carbocycles. The van der Waals surface area contributed by atoms with E-state index < -0.39 is 0 Å². The van der Waals surface area contributed by atoms with Gasteiger partial charge in [0.05, 0.1) is 0 Å². The number of nitrogens with zero attached hydrogens (tertiary/aromatic N) is 2. The second-order valence-corrected chi connectivity index (χ2v) is 7.19. The Labute approximate surface area is 162 Å². The molecule has 1 N–H and O–H groups in total. The largest absolute Gasteiger partial charge is 0.336 e. The lowest BCUT2D eigenvalue weighted by atomic mass is 10.1. The van der Waals surface area contributed by atoms with Gasteiger partial charge in [-0.15, -0.1) is 11.3 Å². The van der Waals surface area contributed by atoms with E-state index in [2.05, 4.69) is 28.5 Å². The fourth-order valence-corrected chi connectivity index (χ4v) is 3.70. The molecular weight excluding hydrogens is 354 g/mol. The Bertz CT molecular complexity index is 1070. The summed E-state index contributed by atoms with van der Waals surface area (Å²) < 4.78 is 0. The van der Waals surface area contributed by atoms with Crippen LogP contribution in [0.25, 0.3) is 10.8 Å². The number of amides is 1. The molecule has 27 heavy (non-hydrogen) atoms. The third kappa shape index (κ3) is 3.83. The number of hydrogen-bond donors (Lipinski definition) is 1. The molecule has 0 fully saturated rings. The molecule has 0 saturated heterocycles. The summed E-state index contributed by atoms with van der Waals surface area (Å²) in [5, 5.41) is 8.16. The fraction of sp³-hybridized carbons (Fsp3) is 0.0909. The van der Waals surface area contributed by atoms with Gasteiger partial charge in [-0.3, -0.25) is 4.79 Å². The Morgan fingerprint density at radius 2 is 1.74 bits per heavy atom. The van der Waals surface area contributed by atoms with E-state index in [0.717, 1.165) is 22.0 Å². The summed E-state index contributed by atoms with van der Waals surface area (Å²) in [6.07, 6.45) is 0.